The highest BCUT2D eigenvalue weighted by atomic mass is 32.1. The third kappa shape index (κ3) is 6.53. The Hall–Kier alpha value is -2.41. The molecule has 0 aliphatic carbocycles. The quantitative estimate of drug-likeness (QED) is 0.752. The minimum atomic E-state index is -1.26. The minimum Gasteiger partial charge on any atom is -0.478 e. The van der Waals surface area contributed by atoms with E-state index in [2.05, 4.69) is 29.9 Å². The molecule has 0 aliphatic rings. The van der Waals surface area contributed by atoms with E-state index in [1.807, 2.05) is 17.5 Å². The SMILES string of the molecule is Cc1cc(Cc2cnc[nH]2)c(C)s1.O=C(O)C=CC(=O)O. The number of carboxylic acid groups (broad SMARTS) is 2. The van der Waals surface area contributed by atoms with Crippen LogP contribution in [0.1, 0.15) is 21.0 Å². The fourth-order valence-electron chi connectivity index (χ4n) is 1.59. The van der Waals surface area contributed by atoms with Gasteiger partial charge in [0, 0.05) is 40.2 Å². The van der Waals surface area contributed by atoms with Crippen molar-refractivity contribution in [3.8, 4) is 0 Å². The summed E-state index contributed by atoms with van der Waals surface area (Å²) in [6.07, 6.45) is 5.69. The zero-order chi connectivity index (χ0) is 15.8. The van der Waals surface area contributed by atoms with E-state index in [-0.39, 0.29) is 0 Å². The molecule has 7 heteroatoms. The monoisotopic (exact) mass is 308 g/mol. The van der Waals surface area contributed by atoms with E-state index < -0.39 is 11.9 Å². The average molecular weight is 308 g/mol. The summed E-state index contributed by atoms with van der Waals surface area (Å²) in [5.41, 5.74) is 2.59. The Morgan fingerprint density at radius 2 is 1.90 bits per heavy atom. The number of hydrogen-bond donors (Lipinski definition) is 3. The second-order valence-electron chi connectivity index (χ2n) is 4.20. The molecule has 0 bridgehead atoms. The molecule has 112 valence electrons. The first-order valence-electron chi connectivity index (χ1n) is 6.05. The van der Waals surface area contributed by atoms with Crippen LogP contribution < -0.4 is 0 Å². The van der Waals surface area contributed by atoms with Gasteiger partial charge < -0.3 is 15.2 Å². The third-order valence-corrected chi connectivity index (χ3v) is 3.46. The van der Waals surface area contributed by atoms with Crippen LogP contribution in [0.5, 0.6) is 0 Å². The summed E-state index contributed by atoms with van der Waals surface area (Å²) in [7, 11) is 0. The van der Waals surface area contributed by atoms with Crippen LogP contribution in [-0.4, -0.2) is 32.1 Å². The summed E-state index contributed by atoms with van der Waals surface area (Å²) >= 11 is 1.86. The molecule has 0 spiro atoms. The minimum absolute atomic E-state index is 0.558. The largest absolute Gasteiger partial charge is 0.478 e. The van der Waals surface area contributed by atoms with E-state index in [1.165, 1.54) is 21.0 Å². The zero-order valence-electron chi connectivity index (χ0n) is 11.7. The molecule has 0 unspecified atom stereocenters. The van der Waals surface area contributed by atoms with Crippen molar-refractivity contribution in [1.29, 1.82) is 0 Å². The lowest BCUT2D eigenvalue weighted by atomic mass is 10.1. The third-order valence-electron chi connectivity index (χ3n) is 2.45. The maximum atomic E-state index is 9.55. The molecule has 0 saturated carbocycles. The van der Waals surface area contributed by atoms with Gasteiger partial charge in [-0.3, -0.25) is 0 Å². The normalized spacial score (nSPS) is 10.2. The second kappa shape index (κ2) is 8.01. The lowest BCUT2D eigenvalue weighted by Gasteiger charge is -1.95. The zero-order valence-corrected chi connectivity index (χ0v) is 12.5. The second-order valence-corrected chi connectivity index (χ2v) is 5.66. The Kier molecular flexibility index (Phi) is 6.35. The van der Waals surface area contributed by atoms with E-state index in [0.717, 1.165) is 6.42 Å². The van der Waals surface area contributed by atoms with Gasteiger partial charge >= 0.3 is 11.9 Å². The fourth-order valence-corrected chi connectivity index (χ4v) is 2.53. The number of aromatic amines is 1. The van der Waals surface area contributed by atoms with E-state index >= 15 is 0 Å². The molecule has 0 fully saturated rings. The van der Waals surface area contributed by atoms with Gasteiger partial charge in [-0.15, -0.1) is 11.3 Å². The Morgan fingerprint density at radius 1 is 1.29 bits per heavy atom. The summed E-state index contributed by atoms with van der Waals surface area (Å²) in [6.45, 7) is 4.32. The van der Waals surface area contributed by atoms with Crippen molar-refractivity contribution >= 4 is 23.3 Å². The van der Waals surface area contributed by atoms with Crippen LogP contribution in [0.25, 0.3) is 0 Å². The van der Waals surface area contributed by atoms with Crippen LogP contribution in [0.4, 0.5) is 0 Å². The molecule has 21 heavy (non-hydrogen) atoms. The molecule has 2 heterocycles. The van der Waals surface area contributed by atoms with Gasteiger partial charge in [-0.1, -0.05) is 0 Å². The molecule has 2 aromatic rings. The molecule has 6 nitrogen and oxygen atoms in total. The molecule has 0 amide bonds. The maximum absolute atomic E-state index is 9.55. The number of rotatable bonds is 4. The predicted octanol–water partition coefficient (Wildman–Crippen LogP) is 2.39. The van der Waals surface area contributed by atoms with Gasteiger partial charge in [0.2, 0.25) is 0 Å². The number of thiophene rings is 1. The van der Waals surface area contributed by atoms with E-state index in [0.29, 0.717) is 12.2 Å². The van der Waals surface area contributed by atoms with Crippen molar-refractivity contribution in [3.63, 3.8) is 0 Å². The number of imidazole rings is 1. The number of aryl methyl sites for hydroxylation is 2. The van der Waals surface area contributed by atoms with Gasteiger partial charge in [-0.05, 0) is 25.5 Å². The van der Waals surface area contributed by atoms with Gasteiger partial charge in [-0.25, -0.2) is 14.6 Å². The van der Waals surface area contributed by atoms with Gasteiger partial charge in [0.1, 0.15) is 0 Å². The summed E-state index contributed by atoms with van der Waals surface area (Å²) in [5, 5.41) is 15.6. The number of aliphatic carboxylic acids is 2. The number of nitrogens with one attached hydrogen (secondary N) is 1. The topological polar surface area (TPSA) is 103 Å². The Bertz CT molecular complexity index is 613. The lowest BCUT2D eigenvalue weighted by molar-refractivity contribution is -0.134. The standard InChI is InChI=1S/C10H12N2S.C4H4O4/c1-7-3-9(8(2)13-7)4-10-5-11-6-12-10;5-3(6)1-2-4(7)8/h3,5-6H,4H2,1-2H3,(H,11,12);1-2H,(H,5,6)(H,7,8). The van der Waals surface area contributed by atoms with Gasteiger partial charge in [0.05, 0.1) is 6.33 Å². The molecular formula is C14H16N2O4S. The van der Waals surface area contributed by atoms with E-state index in [4.69, 9.17) is 10.2 Å². The van der Waals surface area contributed by atoms with Crippen molar-refractivity contribution in [2.24, 2.45) is 0 Å². The molecule has 0 radical (unpaired) electrons. The van der Waals surface area contributed by atoms with Crippen molar-refractivity contribution < 1.29 is 19.8 Å². The van der Waals surface area contributed by atoms with Crippen LogP contribution in [0.15, 0.2) is 30.7 Å². The predicted molar refractivity (Wildman–Crippen MR) is 79.6 cm³/mol. The van der Waals surface area contributed by atoms with Gasteiger partial charge in [0.15, 0.2) is 0 Å². The molecule has 0 aromatic carbocycles. The Balaban J connectivity index is 0.000000240. The van der Waals surface area contributed by atoms with Crippen LogP contribution >= 0.6 is 11.3 Å². The van der Waals surface area contributed by atoms with Gasteiger partial charge in [-0.2, -0.15) is 0 Å². The molecule has 0 saturated heterocycles. The number of H-pyrrole nitrogens is 1. The summed E-state index contributed by atoms with van der Waals surface area (Å²) in [6, 6.07) is 2.25. The number of carboxylic acids is 2. The molecule has 0 aliphatic heterocycles. The van der Waals surface area contributed by atoms with Crippen molar-refractivity contribution in [3.05, 3.63) is 51.8 Å². The summed E-state index contributed by atoms with van der Waals surface area (Å²) in [4.78, 5) is 29.0. The van der Waals surface area contributed by atoms with Crippen LogP contribution in [0, 0.1) is 13.8 Å². The molecule has 0 atom stereocenters. The molecule has 2 aromatic heterocycles. The number of hydrogen-bond acceptors (Lipinski definition) is 4. The van der Waals surface area contributed by atoms with E-state index in [1.54, 1.807) is 6.33 Å². The smallest absolute Gasteiger partial charge is 0.328 e. The van der Waals surface area contributed by atoms with Crippen molar-refractivity contribution in [2.75, 3.05) is 0 Å². The Labute approximate surface area is 125 Å². The highest BCUT2D eigenvalue weighted by Gasteiger charge is 2.04. The van der Waals surface area contributed by atoms with Gasteiger partial charge in [0.25, 0.3) is 0 Å². The number of nitrogens with zero attached hydrogens (tertiary/aromatic N) is 1. The molecule has 3 N–H and O–H groups in total. The van der Waals surface area contributed by atoms with Crippen LogP contribution in [0.3, 0.4) is 0 Å². The first-order chi connectivity index (χ1) is 9.88. The summed E-state index contributed by atoms with van der Waals surface area (Å²) in [5.74, 6) is -2.51. The highest BCUT2D eigenvalue weighted by molar-refractivity contribution is 7.12. The van der Waals surface area contributed by atoms with E-state index in [9.17, 15) is 9.59 Å². The highest BCUT2D eigenvalue weighted by Crippen LogP contribution is 2.22. The van der Waals surface area contributed by atoms with Crippen LogP contribution in [0.2, 0.25) is 0 Å². The summed E-state index contributed by atoms with van der Waals surface area (Å²) < 4.78 is 0. The Morgan fingerprint density at radius 3 is 2.29 bits per heavy atom. The average Bonchev–Trinajstić information content (AvgIpc) is 2.99. The first kappa shape index (κ1) is 16.6. The lowest BCUT2D eigenvalue weighted by Crippen LogP contribution is -1.91. The van der Waals surface area contributed by atoms with Crippen LogP contribution in [-0.2, 0) is 16.0 Å². The van der Waals surface area contributed by atoms with Crippen molar-refractivity contribution in [1.82, 2.24) is 9.97 Å². The van der Waals surface area contributed by atoms with Crippen molar-refractivity contribution in [2.45, 2.75) is 20.3 Å². The first-order valence-corrected chi connectivity index (χ1v) is 6.87. The number of carbonyl (C=O) groups is 2. The maximum Gasteiger partial charge on any atom is 0.328 e. The number of aromatic nitrogens is 2. The molecule has 2 rings (SSSR count). The molecular weight excluding hydrogens is 292 g/mol. The fraction of sp³-hybridized carbons (Fsp3) is 0.214.